The van der Waals surface area contributed by atoms with E-state index in [2.05, 4.69) is 4.98 Å². The molecule has 0 radical (unpaired) electrons. The predicted octanol–water partition coefficient (Wildman–Crippen LogP) is 4.36. The molecular weight excluding hydrogens is 386 g/mol. The van der Waals surface area contributed by atoms with Crippen molar-refractivity contribution in [3.05, 3.63) is 59.4 Å². The molecule has 0 aliphatic heterocycles. The Morgan fingerprint density at radius 3 is 2.47 bits per heavy atom. The number of carbonyl (C=O) groups excluding carboxylic acids is 1. The number of pyridine rings is 1. The number of hydrogen-bond donors (Lipinski definition) is 1. The Kier molecular flexibility index (Phi) is 6.51. The fourth-order valence-corrected chi connectivity index (χ4v) is 3.10. The third kappa shape index (κ3) is 4.20. The van der Waals surface area contributed by atoms with Gasteiger partial charge in [-0.25, -0.2) is 4.79 Å². The first-order valence-electron chi connectivity index (χ1n) is 9.55. The zero-order chi connectivity index (χ0) is 21.7. The van der Waals surface area contributed by atoms with E-state index in [-0.39, 0.29) is 17.0 Å². The molecule has 0 bridgehead atoms. The summed E-state index contributed by atoms with van der Waals surface area (Å²) in [5, 5.41) is 10.4. The van der Waals surface area contributed by atoms with Crippen molar-refractivity contribution in [1.82, 2.24) is 4.98 Å². The molecule has 0 aliphatic carbocycles. The summed E-state index contributed by atoms with van der Waals surface area (Å²) in [5.41, 5.74) is 0.491. The maximum atomic E-state index is 13.2. The fourth-order valence-electron chi connectivity index (χ4n) is 3.10. The van der Waals surface area contributed by atoms with E-state index < -0.39 is 5.97 Å². The van der Waals surface area contributed by atoms with Crippen LogP contribution in [-0.4, -0.2) is 42.7 Å². The second kappa shape index (κ2) is 9.26. The van der Waals surface area contributed by atoms with E-state index in [1.54, 1.807) is 36.4 Å². The smallest absolute Gasteiger partial charge is 0.337 e. The number of aromatic nitrogens is 1. The Morgan fingerprint density at radius 1 is 1.03 bits per heavy atom. The highest BCUT2D eigenvalue weighted by molar-refractivity contribution is 6.18. The monoisotopic (exact) mass is 409 g/mol. The molecular formula is C23H23NO6. The summed E-state index contributed by atoms with van der Waals surface area (Å²) in [6.45, 7) is 2.52. The molecule has 1 aromatic heterocycles. The number of carboxylic acids is 1. The van der Waals surface area contributed by atoms with Crippen LogP contribution in [0.4, 0.5) is 0 Å². The van der Waals surface area contributed by atoms with Gasteiger partial charge >= 0.3 is 5.97 Å². The second-order valence-electron chi connectivity index (χ2n) is 6.64. The van der Waals surface area contributed by atoms with Crippen molar-refractivity contribution in [2.45, 2.75) is 19.8 Å². The van der Waals surface area contributed by atoms with Crippen LogP contribution in [0.2, 0.25) is 0 Å². The first kappa shape index (κ1) is 21.1. The number of rotatable bonds is 9. The summed E-state index contributed by atoms with van der Waals surface area (Å²) >= 11 is 0. The standard InChI is InChI=1S/C23H23NO6/c1-4-5-9-30-20-11-16-17(12-19(20)29-3)21(24-13-18(16)23(26)27)22(25)14-7-6-8-15(10-14)28-2/h6-8,10-13H,4-5,9H2,1-3H3,(H,26,27). The number of fused-ring (bicyclic) bond motifs is 1. The second-order valence-corrected chi connectivity index (χ2v) is 6.64. The quantitative estimate of drug-likeness (QED) is 0.414. The maximum Gasteiger partial charge on any atom is 0.337 e. The molecule has 0 amide bonds. The van der Waals surface area contributed by atoms with Crippen LogP contribution in [0.3, 0.4) is 0 Å². The van der Waals surface area contributed by atoms with Crippen molar-refractivity contribution in [2.75, 3.05) is 20.8 Å². The number of ether oxygens (including phenoxy) is 3. The van der Waals surface area contributed by atoms with Gasteiger partial charge in [0.05, 0.1) is 26.4 Å². The molecule has 7 nitrogen and oxygen atoms in total. The number of methoxy groups -OCH3 is 2. The topological polar surface area (TPSA) is 95.0 Å². The lowest BCUT2D eigenvalue weighted by Gasteiger charge is -2.14. The molecule has 1 N–H and O–H groups in total. The lowest BCUT2D eigenvalue weighted by molar-refractivity contribution is 0.0698. The van der Waals surface area contributed by atoms with Gasteiger partial charge in [0.2, 0.25) is 5.78 Å². The summed E-state index contributed by atoms with van der Waals surface area (Å²) in [5.74, 6) is -0.124. The zero-order valence-corrected chi connectivity index (χ0v) is 17.1. The summed E-state index contributed by atoms with van der Waals surface area (Å²) in [4.78, 5) is 29.1. The average Bonchev–Trinajstić information content (AvgIpc) is 2.77. The van der Waals surface area contributed by atoms with Gasteiger partial charge in [-0.2, -0.15) is 0 Å². The van der Waals surface area contributed by atoms with Gasteiger partial charge in [0, 0.05) is 22.5 Å². The highest BCUT2D eigenvalue weighted by Gasteiger charge is 2.21. The van der Waals surface area contributed by atoms with Gasteiger partial charge < -0.3 is 19.3 Å². The van der Waals surface area contributed by atoms with Gasteiger partial charge in [-0.05, 0) is 30.7 Å². The molecule has 0 aliphatic rings. The van der Waals surface area contributed by atoms with E-state index in [9.17, 15) is 14.7 Å². The average molecular weight is 409 g/mol. The molecule has 3 aromatic rings. The van der Waals surface area contributed by atoms with Gasteiger partial charge in [-0.15, -0.1) is 0 Å². The number of unbranched alkanes of at least 4 members (excludes halogenated alkanes) is 1. The van der Waals surface area contributed by atoms with E-state index >= 15 is 0 Å². The Hall–Kier alpha value is -3.61. The van der Waals surface area contributed by atoms with Crippen LogP contribution >= 0.6 is 0 Å². The number of nitrogens with zero attached hydrogens (tertiary/aromatic N) is 1. The molecule has 0 spiro atoms. The van der Waals surface area contributed by atoms with Crippen LogP contribution in [0.1, 0.15) is 46.2 Å². The van der Waals surface area contributed by atoms with Crippen LogP contribution in [0.5, 0.6) is 17.2 Å². The largest absolute Gasteiger partial charge is 0.497 e. The minimum Gasteiger partial charge on any atom is -0.497 e. The van der Waals surface area contributed by atoms with Crippen molar-refractivity contribution >= 4 is 22.5 Å². The zero-order valence-electron chi connectivity index (χ0n) is 17.1. The minimum absolute atomic E-state index is 0.0183. The van der Waals surface area contributed by atoms with Crippen molar-refractivity contribution in [3.8, 4) is 17.2 Å². The van der Waals surface area contributed by atoms with Crippen molar-refractivity contribution in [3.63, 3.8) is 0 Å². The highest BCUT2D eigenvalue weighted by Crippen LogP contribution is 2.36. The van der Waals surface area contributed by atoms with Gasteiger partial charge in [0.1, 0.15) is 11.4 Å². The number of aromatic carboxylic acids is 1. The summed E-state index contributed by atoms with van der Waals surface area (Å²) in [7, 11) is 3.01. The van der Waals surface area contributed by atoms with Gasteiger partial charge in [0.25, 0.3) is 0 Å². The van der Waals surface area contributed by atoms with Gasteiger partial charge in [-0.3, -0.25) is 9.78 Å². The van der Waals surface area contributed by atoms with Crippen molar-refractivity contribution in [1.29, 1.82) is 0 Å². The molecule has 0 fully saturated rings. The molecule has 3 rings (SSSR count). The van der Waals surface area contributed by atoms with Crippen molar-refractivity contribution in [2.24, 2.45) is 0 Å². The molecule has 0 saturated carbocycles. The highest BCUT2D eigenvalue weighted by atomic mass is 16.5. The predicted molar refractivity (Wildman–Crippen MR) is 112 cm³/mol. The SMILES string of the molecule is CCCCOc1cc2c(C(=O)O)cnc(C(=O)c3cccc(OC)c3)c2cc1OC. The van der Waals surface area contributed by atoms with E-state index in [0.717, 1.165) is 12.8 Å². The minimum atomic E-state index is -1.14. The molecule has 7 heteroatoms. The van der Waals surface area contributed by atoms with Crippen molar-refractivity contribution < 1.29 is 28.9 Å². The van der Waals surface area contributed by atoms with Crippen LogP contribution in [-0.2, 0) is 0 Å². The first-order chi connectivity index (χ1) is 14.5. The fraction of sp³-hybridized carbons (Fsp3) is 0.261. The number of carbonyl (C=O) groups is 2. The lowest BCUT2D eigenvalue weighted by atomic mass is 9.99. The van der Waals surface area contributed by atoms with E-state index in [1.807, 2.05) is 6.92 Å². The van der Waals surface area contributed by atoms with E-state index in [4.69, 9.17) is 14.2 Å². The summed E-state index contributed by atoms with van der Waals surface area (Å²) in [6, 6.07) is 9.91. The van der Waals surface area contributed by atoms with Gasteiger partial charge in [-0.1, -0.05) is 25.5 Å². The Morgan fingerprint density at radius 2 is 1.80 bits per heavy atom. The normalized spacial score (nSPS) is 10.6. The molecule has 0 atom stereocenters. The van der Waals surface area contributed by atoms with Gasteiger partial charge in [0.15, 0.2) is 11.5 Å². The molecule has 2 aromatic carbocycles. The van der Waals surface area contributed by atoms with E-state index in [1.165, 1.54) is 20.4 Å². The first-order valence-corrected chi connectivity index (χ1v) is 9.55. The molecule has 0 unspecified atom stereocenters. The third-order valence-electron chi connectivity index (χ3n) is 4.70. The third-order valence-corrected chi connectivity index (χ3v) is 4.70. The molecule has 0 saturated heterocycles. The number of ketones is 1. The lowest BCUT2D eigenvalue weighted by Crippen LogP contribution is -2.09. The number of hydrogen-bond acceptors (Lipinski definition) is 6. The van der Waals surface area contributed by atoms with E-state index in [0.29, 0.717) is 40.2 Å². The Bertz CT molecular complexity index is 1090. The van der Waals surface area contributed by atoms with Crippen LogP contribution in [0, 0.1) is 0 Å². The van der Waals surface area contributed by atoms with Crippen LogP contribution in [0.25, 0.3) is 10.8 Å². The van der Waals surface area contributed by atoms with Crippen LogP contribution in [0.15, 0.2) is 42.6 Å². The summed E-state index contributed by atoms with van der Waals surface area (Å²) in [6.07, 6.45) is 3.00. The Labute approximate surface area is 174 Å². The molecule has 156 valence electrons. The summed E-state index contributed by atoms with van der Waals surface area (Å²) < 4.78 is 16.4. The number of benzene rings is 2. The maximum absolute atomic E-state index is 13.2. The molecule has 30 heavy (non-hydrogen) atoms. The Balaban J connectivity index is 2.19. The molecule has 1 heterocycles. The number of carboxylic acid groups (broad SMARTS) is 1. The van der Waals surface area contributed by atoms with Crippen LogP contribution < -0.4 is 14.2 Å².